The zero-order chi connectivity index (χ0) is 26.5. The molecule has 4 N–H and O–H groups in total. The molecular weight excluding hydrogens is 477 g/mol. The highest BCUT2D eigenvalue weighted by Crippen LogP contribution is 2.25. The number of hydrogen-bond acceptors (Lipinski definition) is 9. The molecule has 0 aromatic carbocycles. The van der Waals surface area contributed by atoms with E-state index in [1.54, 1.807) is 19.3 Å². The fourth-order valence-electron chi connectivity index (χ4n) is 3.71. The molecule has 0 radical (unpaired) electrons. The van der Waals surface area contributed by atoms with Crippen molar-refractivity contribution in [2.45, 2.75) is 12.6 Å². The highest BCUT2D eigenvalue weighted by atomic mass is 19.4. The summed E-state index contributed by atoms with van der Waals surface area (Å²) in [5.41, 5.74) is 1.35. The van der Waals surface area contributed by atoms with Crippen molar-refractivity contribution in [2.75, 3.05) is 46.1 Å². The molecule has 194 valence electrons. The van der Waals surface area contributed by atoms with E-state index in [1.807, 2.05) is 19.0 Å². The number of nitrogens with one attached hydrogen (secondary N) is 4. The van der Waals surface area contributed by atoms with Crippen LogP contribution >= 0.6 is 0 Å². The van der Waals surface area contributed by atoms with Crippen LogP contribution in [-0.4, -0.2) is 78.5 Å². The first kappa shape index (κ1) is 26.7. The first-order valence-corrected chi connectivity index (χ1v) is 11.1. The second-order valence-electron chi connectivity index (χ2n) is 8.57. The van der Waals surface area contributed by atoms with Crippen molar-refractivity contribution in [3.05, 3.63) is 48.8 Å². The molecule has 13 heteroatoms. The van der Waals surface area contributed by atoms with Crippen LogP contribution in [0, 0.1) is 11.3 Å². The summed E-state index contributed by atoms with van der Waals surface area (Å²) in [5.74, 6) is 0.173. The van der Waals surface area contributed by atoms with Crippen LogP contribution in [-0.2, 0) is 4.79 Å². The standard InChI is InChI=1S/C23H29F3N8O2/c1-14(31-17(9-28-2)21(27)34-11-15(7-20(34)35)10-33(3)4)18-12-36-22(32-18)16-5-6-29-19(8-16)30-13-23(24,25)26/h5-6,8-9,12,15,27-28,31H,1,7,10-11,13H2,2-4H3,(H,29,30)/b17-9+,27-21?. The Kier molecular flexibility index (Phi) is 8.35. The van der Waals surface area contributed by atoms with Crippen LogP contribution in [0.2, 0.25) is 0 Å². The molecule has 1 amide bonds. The van der Waals surface area contributed by atoms with Crippen LogP contribution in [0.3, 0.4) is 0 Å². The smallest absolute Gasteiger partial charge is 0.405 e. The number of aromatic nitrogens is 2. The van der Waals surface area contributed by atoms with Crippen molar-refractivity contribution in [3.63, 3.8) is 0 Å². The summed E-state index contributed by atoms with van der Waals surface area (Å²) in [7, 11) is 5.54. The van der Waals surface area contributed by atoms with Gasteiger partial charge in [0.25, 0.3) is 0 Å². The molecule has 1 aliphatic rings. The Morgan fingerprint density at radius 1 is 1.42 bits per heavy atom. The summed E-state index contributed by atoms with van der Waals surface area (Å²) in [6, 6.07) is 2.94. The molecule has 1 saturated heterocycles. The summed E-state index contributed by atoms with van der Waals surface area (Å²) in [5, 5.41) is 16.7. The van der Waals surface area contributed by atoms with E-state index in [4.69, 9.17) is 9.83 Å². The highest BCUT2D eigenvalue weighted by molar-refractivity contribution is 6.07. The molecule has 10 nitrogen and oxygen atoms in total. The highest BCUT2D eigenvalue weighted by Gasteiger charge is 2.33. The third-order valence-corrected chi connectivity index (χ3v) is 5.22. The molecule has 1 fully saturated rings. The summed E-state index contributed by atoms with van der Waals surface area (Å²) in [6.07, 6.45) is 0.213. The minimum Gasteiger partial charge on any atom is -0.444 e. The Balaban J connectivity index is 1.69. The van der Waals surface area contributed by atoms with Gasteiger partial charge in [-0.1, -0.05) is 6.58 Å². The summed E-state index contributed by atoms with van der Waals surface area (Å²) < 4.78 is 42.9. The van der Waals surface area contributed by atoms with Crippen molar-refractivity contribution in [2.24, 2.45) is 5.92 Å². The number of pyridine rings is 1. The van der Waals surface area contributed by atoms with Gasteiger partial charge in [0, 0.05) is 44.5 Å². The lowest BCUT2D eigenvalue weighted by Gasteiger charge is -2.22. The molecule has 2 aromatic rings. The molecule has 36 heavy (non-hydrogen) atoms. The maximum absolute atomic E-state index is 12.5. The van der Waals surface area contributed by atoms with E-state index in [-0.39, 0.29) is 29.4 Å². The summed E-state index contributed by atoms with van der Waals surface area (Å²) >= 11 is 0. The molecule has 0 bridgehead atoms. The Bertz CT molecular complexity index is 1140. The normalized spacial score (nSPS) is 16.4. The topological polar surface area (TPSA) is 122 Å². The molecule has 3 heterocycles. The number of anilines is 1. The van der Waals surface area contributed by atoms with E-state index in [0.717, 1.165) is 6.54 Å². The molecule has 2 aromatic heterocycles. The molecule has 0 saturated carbocycles. The van der Waals surface area contributed by atoms with Crippen LogP contribution in [0.5, 0.6) is 0 Å². The van der Waals surface area contributed by atoms with E-state index >= 15 is 0 Å². The largest absolute Gasteiger partial charge is 0.444 e. The van der Waals surface area contributed by atoms with Gasteiger partial charge in [0.05, 0.1) is 11.4 Å². The zero-order valence-corrected chi connectivity index (χ0v) is 20.2. The predicted molar refractivity (Wildman–Crippen MR) is 130 cm³/mol. The number of amidine groups is 1. The predicted octanol–water partition coefficient (Wildman–Crippen LogP) is 2.72. The van der Waals surface area contributed by atoms with Gasteiger partial charge in [-0.3, -0.25) is 15.1 Å². The van der Waals surface area contributed by atoms with E-state index in [2.05, 4.69) is 32.5 Å². The van der Waals surface area contributed by atoms with Crippen LogP contribution in [0.4, 0.5) is 19.0 Å². The lowest BCUT2D eigenvalue weighted by atomic mass is 10.1. The molecule has 3 rings (SSSR count). The monoisotopic (exact) mass is 506 g/mol. The molecule has 1 unspecified atom stereocenters. The van der Waals surface area contributed by atoms with Crippen LogP contribution in [0.15, 0.2) is 47.5 Å². The number of carbonyl (C=O) groups is 1. The van der Waals surface area contributed by atoms with E-state index in [1.165, 1.54) is 23.4 Å². The lowest BCUT2D eigenvalue weighted by Crippen LogP contribution is -2.37. The third-order valence-electron chi connectivity index (χ3n) is 5.22. The average Bonchev–Trinajstić information content (AvgIpc) is 3.43. The second kappa shape index (κ2) is 11.2. The molecular formula is C23H29F3N8O2. The number of halogens is 3. The van der Waals surface area contributed by atoms with Gasteiger partial charge in [0.1, 0.15) is 24.3 Å². The van der Waals surface area contributed by atoms with E-state index < -0.39 is 12.7 Å². The number of hydrogen-bond donors (Lipinski definition) is 4. The summed E-state index contributed by atoms with van der Waals surface area (Å²) in [4.78, 5) is 24.2. The Hall–Kier alpha value is -3.87. The van der Waals surface area contributed by atoms with Crippen LogP contribution in [0.25, 0.3) is 17.2 Å². The number of carbonyl (C=O) groups excluding carboxylic acids is 1. The average molecular weight is 507 g/mol. The van der Waals surface area contributed by atoms with Crippen molar-refractivity contribution in [3.8, 4) is 11.5 Å². The van der Waals surface area contributed by atoms with Crippen LogP contribution in [0.1, 0.15) is 12.1 Å². The SMILES string of the molecule is C=C(N/C(=C/NC)C(=N)N1CC(CN(C)C)CC1=O)c1coc(-c2ccnc(NCC(F)(F)F)c2)n1. The van der Waals surface area contributed by atoms with E-state index in [9.17, 15) is 18.0 Å². The minimum absolute atomic E-state index is 0.00464. The minimum atomic E-state index is -4.38. The van der Waals surface area contributed by atoms with Gasteiger partial charge in [-0.25, -0.2) is 9.97 Å². The Morgan fingerprint density at radius 2 is 2.17 bits per heavy atom. The molecule has 1 atom stereocenters. The van der Waals surface area contributed by atoms with Crippen molar-refractivity contribution >= 4 is 23.3 Å². The quantitative estimate of drug-likeness (QED) is 0.287. The van der Waals surface area contributed by atoms with Gasteiger partial charge in [0.15, 0.2) is 5.84 Å². The number of likely N-dealkylation sites (tertiary alicyclic amines) is 1. The number of amides is 1. The Labute approximate surface area is 206 Å². The van der Waals surface area contributed by atoms with Crippen molar-refractivity contribution < 1.29 is 22.4 Å². The Morgan fingerprint density at radius 3 is 2.83 bits per heavy atom. The summed E-state index contributed by atoms with van der Waals surface area (Å²) in [6.45, 7) is 3.91. The number of nitrogens with zero attached hydrogens (tertiary/aromatic N) is 4. The fourth-order valence-corrected chi connectivity index (χ4v) is 3.71. The zero-order valence-electron chi connectivity index (χ0n) is 20.2. The molecule has 0 aliphatic carbocycles. The number of alkyl halides is 3. The first-order valence-electron chi connectivity index (χ1n) is 11.1. The van der Waals surface area contributed by atoms with Gasteiger partial charge in [-0.2, -0.15) is 13.2 Å². The van der Waals surface area contributed by atoms with Gasteiger partial charge in [-0.05, 0) is 32.1 Å². The van der Waals surface area contributed by atoms with Crippen LogP contribution < -0.4 is 16.0 Å². The maximum atomic E-state index is 12.5. The second-order valence-corrected chi connectivity index (χ2v) is 8.57. The number of rotatable bonds is 10. The van der Waals surface area contributed by atoms with Gasteiger partial charge in [0.2, 0.25) is 11.8 Å². The van der Waals surface area contributed by atoms with Gasteiger partial charge >= 0.3 is 6.18 Å². The van der Waals surface area contributed by atoms with Crippen molar-refractivity contribution in [1.82, 2.24) is 30.4 Å². The first-order chi connectivity index (χ1) is 17.0. The lowest BCUT2D eigenvalue weighted by molar-refractivity contribution is -0.124. The maximum Gasteiger partial charge on any atom is 0.405 e. The van der Waals surface area contributed by atoms with Gasteiger partial charge in [-0.15, -0.1) is 0 Å². The van der Waals surface area contributed by atoms with Gasteiger partial charge < -0.3 is 25.3 Å². The van der Waals surface area contributed by atoms with E-state index in [0.29, 0.717) is 35.6 Å². The number of oxazole rings is 1. The molecule has 0 spiro atoms. The fraction of sp³-hybridized carbons (Fsp3) is 0.391. The molecule has 1 aliphatic heterocycles. The third kappa shape index (κ3) is 7.07. The van der Waals surface area contributed by atoms with Crippen molar-refractivity contribution in [1.29, 1.82) is 5.41 Å².